The minimum atomic E-state index is -0.593. The zero-order valence-corrected chi connectivity index (χ0v) is 10.4. The number of hydrogen-bond acceptors (Lipinski definition) is 6. The quantitative estimate of drug-likeness (QED) is 0.711. The van der Waals surface area contributed by atoms with Gasteiger partial charge in [-0.05, 0) is 0 Å². The van der Waals surface area contributed by atoms with Crippen molar-refractivity contribution in [2.75, 3.05) is 20.3 Å². The van der Waals surface area contributed by atoms with Crippen LogP contribution in [0.3, 0.4) is 0 Å². The summed E-state index contributed by atoms with van der Waals surface area (Å²) in [7, 11) is 1.49. The third-order valence-electron chi connectivity index (χ3n) is 2.00. The third kappa shape index (κ3) is 4.97. The zero-order chi connectivity index (χ0) is 12.7. The maximum atomic E-state index is 9.65. The maximum Gasteiger partial charge on any atom is 0.278 e. The summed E-state index contributed by atoms with van der Waals surface area (Å²) in [5, 5.41) is 12.8. The number of nitrogens with zero attached hydrogens (tertiary/aromatic N) is 2. The van der Waals surface area contributed by atoms with Crippen molar-refractivity contribution in [1.29, 1.82) is 0 Å². The summed E-state index contributed by atoms with van der Waals surface area (Å²) in [6, 6.07) is 0.329. The molecule has 0 amide bonds. The van der Waals surface area contributed by atoms with E-state index in [0.29, 0.717) is 24.3 Å². The first-order valence-electron chi connectivity index (χ1n) is 5.52. The smallest absolute Gasteiger partial charge is 0.278 e. The number of methoxy groups -OCH3 is 1. The van der Waals surface area contributed by atoms with Crippen molar-refractivity contribution >= 4 is 0 Å². The summed E-state index contributed by atoms with van der Waals surface area (Å²) >= 11 is 0. The lowest BCUT2D eigenvalue weighted by Gasteiger charge is -2.15. The monoisotopic (exact) mass is 241 g/mol. The second kappa shape index (κ2) is 7.03. The summed E-state index contributed by atoms with van der Waals surface area (Å²) in [4.78, 5) is 7.92. The van der Waals surface area contributed by atoms with E-state index in [4.69, 9.17) is 9.47 Å². The minimum absolute atomic E-state index is 0.148. The number of nitrogens with one attached hydrogen (secondary N) is 1. The van der Waals surface area contributed by atoms with Gasteiger partial charge in [0.05, 0.1) is 7.11 Å². The lowest BCUT2D eigenvalue weighted by molar-refractivity contribution is 0.0996. The molecule has 1 unspecified atom stereocenters. The fraction of sp³-hybridized carbons (Fsp3) is 0.636. The SMILES string of the molecule is COc1nccnc1OCC(O)CNC(C)C. The number of aliphatic hydroxyl groups excluding tert-OH is 1. The van der Waals surface area contributed by atoms with Crippen LogP contribution in [0.15, 0.2) is 12.4 Å². The van der Waals surface area contributed by atoms with E-state index in [-0.39, 0.29) is 6.61 Å². The number of hydrogen-bond donors (Lipinski definition) is 2. The van der Waals surface area contributed by atoms with Crippen LogP contribution >= 0.6 is 0 Å². The van der Waals surface area contributed by atoms with E-state index in [1.165, 1.54) is 19.5 Å². The van der Waals surface area contributed by atoms with Gasteiger partial charge in [-0.1, -0.05) is 13.8 Å². The average molecular weight is 241 g/mol. The van der Waals surface area contributed by atoms with Crippen molar-refractivity contribution in [2.24, 2.45) is 0 Å². The molecule has 1 heterocycles. The predicted molar refractivity (Wildman–Crippen MR) is 63.2 cm³/mol. The van der Waals surface area contributed by atoms with Gasteiger partial charge in [0.2, 0.25) is 0 Å². The third-order valence-corrected chi connectivity index (χ3v) is 2.00. The van der Waals surface area contributed by atoms with Gasteiger partial charge in [-0.25, -0.2) is 9.97 Å². The van der Waals surface area contributed by atoms with Crippen molar-refractivity contribution in [3.63, 3.8) is 0 Å². The van der Waals surface area contributed by atoms with E-state index in [0.717, 1.165) is 0 Å². The fourth-order valence-corrected chi connectivity index (χ4v) is 1.16. The Morgan fingerprint density at radius 1 is 1.29 bits per heavy atom. The van der Waals surface area contributed by atoms with Crippen LogP contribution in [0.4, 0.5) is 0 Å². The standard InChI is InChI=1S/C11H19N3O3/c1-8(2)14-6-9(15)7-17-11-10(16-3)12-4-5-13-11/h4-5,8-9,14-15H,6-7H2,1-3H3. The Morgan fingerprint density at radius 2 is 1.94 bits per heavy atom. The van der Waals surface area contributed by atoms with E-state index in [2.05, 4.69) is 15.3 Å². The van der Waals surface area contributed by atoms with E-state index >= 15 is 0 Å². The van der Waals surface area contributed by atoms with Gasteiger partial charge >= 0.3 is 0 Å². The normalized spacial score (nSPS) is 12.5. The van der Waals surface area contributed by atoms with Gasteiger partial charge < -0.3 is 19.9 Å². The van der Waals surface area contributed by atoms with Gasteiger partial charge in [-0.15, -0.1) is 0 Å². The highest BCUT2D eigenvalue weighted by Gasteiger charge is 2.10. The molecule has 17 heavy (non-hydrogen) atoms. The molecule has 0 bridgehead atoms. The van der Waals surface area contributed by atoms with E-state index in [1.54, 1.807) is 0 Å². The molecule has 0 spiro atoms. The Morgan fingerprint density at radius 3 is 2.53 bits per heavy atom. The Labute approximate surface area is 101 Å². The number of aromatic nitrogens is 2. The first-order chi connectivity index (χ1) is 8.13. The van der Waals surface area contributed by atoms with Crippen molar-refractivity contribution < 1.29 is 14.6 Å². The molecule has 1 rings (SSSR count). The molecule has 0 aliphatic heterocycles. The largest absolute Gasteiger partial charge is 0.477 e. The van der Waals surface area contributed by atoms with Crippen LogP contribution in [0.1, 0.15) is 13.8 Å². The number of rotatable bonds is 7. The highest BCUT2D eigenvalue weighted by Crippen LogP contribution is 2.19. The van der Waals surface area contributed by atoms with Crippen LogP contribution in [-0.4, -0.2) is 47.5 Å². The highest BCUT2D eigenvalue weighted by atomic mass is 16.5. The van der Waals surface area contributed by atoms with E-state index in [9.17, 15) is 5.11 Å². The van der Waals surface area contributed by atoms with Crippen LogP contribution < -0.4 is 14.8 Å². The van der Waals surface area contributed by atoms with Crippen LogP contribution in [0.25, 0.3) is 0 Å². The maximum absolute atomic E-state index is 9.65. The fourth-order valence-electron chi connectivity index (χ4n) is 1.16. The minimum Gasteiger partial charge on any atom is -0.477 e. The molecular formula is C11H19N3O3. The topological polar surface area (TPSA) is 76.5 Å². The lowest BCUT2D eigenvalue weighted by Crippen LogP contribution is -2.35. The van der Waals surface area contributed by atoms with E-state index in [1.807, 2.05) is 13.8 Å². The molecule has 1 aromatic rings. The molecule has 6 nitrogen and oxygen atoms in total. The molecule has 1 aromatic heterocycles. The van der Waals surface area contributed by atoms with Gasteiger partial charge in [-0.2, -0.15) is 0 Å². The Balaban J connectivity index is 2.39. The molecule has 0 saturated heterocycles. The summed E-state index contributed by atoms with van der Waals surface area (Å²) in [6.45, 7) is 4.65. The van der Waals surface area contributed by atoms with Crippen LogP contribution in [0.2, 0.25) is 0 Å². The number of aliphatic hydroxyl groups is 1. The van der Waals surface area contributed by atoms with Crippen molar-refractivity contribution in [3.8, 4) is 11.8 Å². The molecule has 0 aromatic carbocycles. The van der Waals surface area contributed by atoms with Gasteiger partial charge in [0.1, 0.15) is 12.7 Å². The Bertz CT molecular complexity index is 333. The highest BCUT2D eigenvalue weighted by molar-refractivity contribution is 5.23. The molecule has 1 atom stereocenters. The number of ether oxygens (including phenoxy) is 2. The molecule has 0 aliphatic rings. The summed E-state index contributed by atoms with van der Waals surface area (Å²) in [5.74, 6) is 0.607. The predicted octanol–water partition coefficient (Wildman–Crippen LogP) is 0.223. The Hall–Kier alpha value is -1.40. The molecule has 6 heteroatoms. The van der Waals surface area contributed by atoms with Gasteiger partial charge in [0.25, 0.3) is 11.8 Å². The van der Waals surface area contributed by atoms with Crippen molar-refractivity contribution in [1.82, 2.24) is 15.3 Å². The summed E-state index contributed by atoms with van der Waals surface area (Å²) in [6.07, 6.45) is 2.43. The first kappa shape index (κ1) is 13.7. The van der Waals surface area contributed by atoms with Crippen LogP contribution in [0.5, 0.6) is 11.8 Å². The molecule has 96 valence electrons. The van der Waals surface area contributed by atoms with Gasteiger partial charge in [0.15, 0.2) is 0 Å². The zero-order valence-electron chi connectivity index (χ0n) is 10.4. The van der Waals surface area contributed by atoms with Crippen molar-refractivity contribution in [2.45, 2.75) is 26.0 Å². The lowest BCUT2D eigenvalue weighted by atomic mass is 10.3. The molecule has 0 radical (unpaired) electrons. The second-order valence-corrected chi connectivity index (χ2v) is 3.90. The molecule has 0 aliphatic carbocycles. The summed E-state index contributed by atoms with van der Waals surface area (Å²) in [5.41, 5.74) is 0. The van der Waals surface area contributed by atoms with Crippen LogP contribution in [0, 0.1) is 0 Å². The summed E-state index contributed by atoms with van der Waals surface area (Å²) < 4.78 is 10.3. The van der Waals surface area contributed by atoms with Crippen LogP contribution in [-0.2, 0) is 0 Å². The van der Waals surface area contributed by atoms with E-state index < -0.39 is 6.10 Å². The molecule has 2 N–H and O–H groups in total. The van der Waals surface area contributed by atoms with Gasteiger partial charge in [-0.3, -0.25) is 0 Å². The average Bonchev–Trinajstić information content (AvgIpc) is 2.34. The second-order valence-electron chi connectivity index (χ2n) is 3.90. The van der Waals surface area contributed by atoms with Gasteiger partial charge in [0, 0.05) is 25.0 Å². The molecule has 0 saturated carbocycles. The van der Waals surface area contributed by atoms with Crippen molar-refractivity contribution in [3.05, 3.63) is 12.4 Å². The first-order valence-corrected chi connectivity index (χ1v) is 5.52. The Kier molecular flexibility index (Phi) is 5.65. The molecular weight excluding hydrogens is 222 g/mol. The molecule has 0 fully saturated rings.